The van der Waals surface area contributed by atoms with E-state index in [9.17, 15) is 9.59 Å². The lowest BCUT2D eigenvalue weighted by Crippen LogP contribution is -2.18. The maximum Gasteiger partial charge on any atom is 0.349 e. The van der Waals surface area contributed by atoms with Crippen molar-refractivity contribution < 1.29 is 19.1 Å². The van der Waals surface area contributed by atoms with Crippen LogP contribution in [0.25, 0.3) is 0 Å². The first-order valence-electron chi connectivity index (χ1n) is 7.12. The summed E-state index contributed by atoms with van der Waals surface area (Å²) in [5.41, 5.74) is 1.57. The summed E-state index contributed by atoms with van der Waals surface area (Å²) in [7, 11) is 0. The molecule has 2 rings (SSSR count). The topological polar surface area (TPSA) is 52.6 Å². The zero-order valence-corrected chi connectivity index (χ0v) is 12.7. The number of ketones is 1. The van der Waals surface area contributed by atoms with Gasteiger partial charge in [-0.1, -0.05) is 25.1 Å². The first-order chi connectivity index (χ1) is 10.6. The van der Waals surface area contributed by atoms with E-state index in [1.165, 1.54) is 0 Å². The number of para-hydroxylation sites is 1. The summed E-state index contributed by atoms with van der Waals surface area (Å²) in [4.78, 5) is 23.3. The quantitative estimate of drug-likeness (QED) is 0.465. The molecule has 0 saturated heterocycles. The molecule has 0 amide bonds. The normalized spacial score (nSPS) is 10.1. The summed E-state index contributed by atoms with van der Waals surface area (Å²) in [6.45, 7) is 3.55. The highest BCUT2D eigenvalue weighted by atomic mass is 16.6. The van der Waals surface area contributed by atoms with E-state index in [-0.39, 0.29) is 12.4 Å². The van der Waals surface area contributed by atoms with Crippen LogP contribution in [0.3, 0.4) is 0 Å². The zero-order valence-electron chi connectivity index (χ0n) is 12.7. The molecule has 0 fully saturated rings. The van der Waals surface area contributed by atoms with Crippen molar-refractivity contribution >= 4 is 11.8 Å². The molecule has 0 N–H and O–H groups in total. The van der Waals surface area contributed by atoms with E-state index >= 15 is 0 Å². The van der Waals surface area contributed by atoms with Crippen LogP contribution in [-0.2, 0) is 4.79 Å². The van der Waals surface area contributed by atoms with E-state index in [1.807, 2.05) is 25.1 Å². The van der Waals surface area contributed by atoms with E-state index in [0.29, 0.717) is 23.5 Å². The summed E-state index contributed by atoms with van der Waals surface area (Å²) in [6, 6.07) is 14.0. The van der Waals surface area contributed by atoms with Crippen LogP contribution in [0, 0.1) is 6.92 Å². The third-order valence-electron chi connectivity index (χ3n) is 3.17. The Bertz CT molecular complexity index is 659. The lowest BCUT2D eigenvalue weighted by atomic mass is 10.1. The third-order valence-corrected chi connectivity index (χ3v) is 3.17. The number of rotatable bonds is 6. The Morgan fingerprint density at radius 3 is 2.32 bits per heavy atom. The SMILES string of the molecule is CCC(=O)c1ccc(OC(=O)COc2ccccc2C)cc1. The standard InChI is InChI=1S/C18H18O4/c1-3-16(19)14-8-10-15(11-9-14)22-18(20)12-21-17-7-5-4-6-13(17)2/h4-11H,3,12H2,1-2H3. The van der Waals surface area contributed by atoms with Gasteiger partial charge in [0.1, 0.15) is 11.5 Å². The number of carbonyl (C=O) groups excluding carboxylic acids is 2. The van der Waals surface area contributed by atoms with Gasteiger partial charge in [-0.3, -0.25) is 4.79 Å². The predicted molar refractivity (Wildman–Crippen MR) is 83.4 cm³/mol. The van der Waals surface area contributed by atoms with Crippen LogP contribution < -0.4 is 9.47 Å². The minimum absolute atomic E-state index is 0.0563. The fourth-order valence-corrected chi connectivity index (χ4v) is 1.93. The Hall–Kier alpha value is -2.62. The van der Waals surface area contributed by atoms with Crippen LogP contribution in [-0.4, -0.2) is 18.4 Å². The largest absolute Gasteiger partial charge is 0.482 e. The van der Waals surface area contributed by atoms with Crippen LogP contribution in [0.15, 0.2) is 48.5 Å². The van der Waals surface area contributed by atoms with Crippen LogP contribution in [0.2, 0.25) is 0 Å². The van der Waals surface area contributed by atoms with Gasteiger partial charge in [0, 0.05) is 12.0 Å². The molecular weight excluding hydrogens is 280 g/mol. The summed E-state index contributed by atoms with van der Waals surface area (Å²) >= 11 is 0. The van der Waals surface area contributed by atoms with Crippen LogP contribution in [0.4, 0.5) is 0 Å². The highest BCUT2D eigenvalue weighted by molar-refractivity contribution is 5.95. The Labute approximate surface area is 129 Å². The highest BCUT2D eigenvalue weighted by Gasteiger charge is 2.08. The van der Waals surface area contributed by atoms with E-state index in [0.717, 1.165) is 5.56 Å². The van der Waals surface area contributed by atoms with Gasteiger partial charge in [-0.25, -0.2) is 4.79 Å². The van der Waals surface area contributed by atoms with Gasteiger partial charge in [0.05, 0.1) is 0 Å². The molecule has 0 aliphatic carbocycles. The summed E-state index contributed by atoms with van der Waals surface area (Å²) < 4.78 is 10.6. The molecule has 22 heavy (non-hydrogen) atoms. The van der Waals surface area contributed by atoms with Gasteiger partial charge < -0.3 is 9.47 Å². The molecule has 0 aliphatic rings. The fraction of sp³-hybridized carbons (Fsp3) is 0.222. The van der Waals surface area contributed by atoms with Crippen molar-refractivity contribution in [2.45, 2.75) is 20.3 Å². The van der Waals surface area contributed by atoms with Crippen molar-refractivity contribution in [1.29, 1.82) is 0 Å². The van der Waals surface area contributed by atoms with Gasteiger partial charge in [0.25, 0.3) is 0 Å². The lowest BCUT2D eigenvalue weighted by molar-refractivity contribution is -0.136. The van der Waals surface area contributed by atoms with E-state index in [1.54, 1.807) is 37.3 Å². The fourth-order valence-electron chi connectivity index (χ4n) is 1.93. The Kier molecular flexibility index (Phi) is 5.31. The molecule has 0 spiro atoms. The average Bonchev–Trinajstić information content (AvgIpc) is 2.54. The molecule has 0 unspecified atom stereocenters. The van der Waals surface area contributed by atoms with E-state index in [2.05, 4.69) is 0 Å². The van der Waals surface area contributed by atoms with Crippen molar-refractivity contribution in [1.82, 2.24) is 0 Å². The number of hydrogen-bond donors (Lipinski definition) is 0. The maximum atomic E-state index is 11.8. The number of hydrogen-bond acceptors (Lipinski definition) is 4. The molecule has 2 aromatic carbocycles. The Morgan fingerprint density at radius 1 is 1.00 bits per heavy atom. The predicted octanol–water partition coefficient (Wildman–Crippen LogP) is 3.57. The van der Waals surface area contributed by atoms with Gasteiger partial charge in [-0.15, -0.1) is 0 Å². The molecule has 4 heteroatoms. The first-order valence-corrected chi connectivity index (χ1v) is 7.12. The number of carbonyl (C=O) groups is 2. The Balaban J connectivity index is 1.89. The average molecular weight is 298 g/mol. The summed E-state index contributed by atoms with van der Waals surface area (Å²) in [5, 5.41) is 0. The molecule has 0 atom stereocenters. The second-order valence-electron chi connectivity index (χ2n) is 4.83. The number of benzene rings is 2. The molecular formula is C18H18O4. The third kappa shape index (κ3) is 4.19. The lowest BCUT2D eigenvalue weighted by Gasteiger charge is -2.09. The van der Waals surface area contributed by atoms with Gasteiger partial charge in [-0.2, -0.15) is 0 Å². The molecule has 0 aromatic heterocycles. The van der Waals surface area contributed by atoms with Crippen LogP contribution in [0.5, 0.6) is 11.5 Å². The molecule has 0 heterocycles. The molecule has 0 radical (unpaired) electrons. The molecule has 114 valence electrons. The highest BCUT2D eigenvalue weighted by Crippen LogP contribution is 2.17. The minimum atomic E-state index is -0.488. The van der Waals surface area contributed by atoms with Crippen molar-refractivity contribution in [2.24, 2.45) is 0 Å². The van der Waals surface area contributed by atoms with Crippen molar-refractivity contribution in [3.63, 3.8) is 0 Å². The van der Waals surface area contributed by atoms with Gasteiger partial charge in [-0.05, 0) is 42.8 Å². The second-order valence-corrected chi connectivity index (χ2v) is 4.83. The van der Waals surface area contributed by atoms with Crippen molar-refractivity contribution in [3.8, 4) is 11.5 Å². The second kappa shape index (κ2) is 7.41. The van der Waals surface area contributed by atoms with E-state index in [4.69, 9.17) is 9.47 Å². The van der Waals surface area contributed by atoms with Crippen molar-refractivity contribution in [3.05, 3.63) is 59.7 Å². The van der Waals surface area contributed by atoms with Gasteiger partial charge >= 0.3 is 5.97 Å². The summed E-state index contributed by atoms with van der Waals surface area (Å²) in [5.74, 6) is 0.618. The summed E-state index contributed by atoms with van der Waals surface area (Å²) in [6.07, 6.45) is 0.448. The molecule has 0 aliphatic heterocycles. The Morgan fingerprint density at radius 2 is 1.68 bits per heavy atom. The van der Waals surface area contributed by atoms with Crippen molar-refractivity contribution in [2.75, 3.05) is 6.61 Å². The van der Waals surface area contributed by atoms with Crippen LogP contribution >= 0.6 is 0 Å². The molecule has 0 saturated carbocycles. The maximum absolute atomic E-state index is 11.8. The number of aryl methyl sites for hydroxylation is 1. The number of ether oxygens (including phenoxy) is 2. The molecule has 0 bridgehead atoms. The molecule has 2 aromatic rings. The van der Waals surface area contributed by atoms with Gasteiger partial charge in [0.2, 0.25) is 0 Å². The first kappa shape index (κ1) is 15.8. The van der Waals surface area contributed by atoms with E-state index < -0.39 is 5.97 Å². The van der Waals surface area contributed by atoms with Crippen LogP contribution in [0.1, 0.15) is 29.3 Å². The monoisotopic (exact) mass is 298 g/mol. The minimum Gasteiger partial charge on any atom is -0.482 e. The number of esters is 1. The zero-order chi connectivity index (χ0) is 15.9. The smallest absolute Gasteiger partial charge is 0.349 e. The van der Waals surface area contributed by atoms with Gasteiger partial charge in [0.15, 0.2) is 12.4 Å². The number of Topliss-reactive ketones (excluding diaryl/α,β-unsaturated/α-hetero) is 1. The molecule has 4 nitrogen and oxygen atoms in total.